The minimum absolute atomic E-state index is 0.488. The van der Waals surface area contributed by atoms with Gasteiger partial charge in [-0.05, 0) is 0 Å². The fourth-order valence-corrected chi connectivity index (χ4v) is 0.414. The SMILES string of the molecule is C=CC/C(=N\Cl)OC. The molecule has 0 aromatic heterocycles. The standard InChI is InChI=1S/C5H8ClNO/c1-3-4-5(7-6)8-2/h3H,1,4H2,2H3/b7-5+. The van der Waals surface area contributed by atoms with Crippen LogP contribution < -0.4 is 0 Å². The molecule has 0 saturated heterocycles. The number of methoxy groups -OCH3 is 1. The zero-order valence-corrected chi connectivity index (χ0v) is 5.48. The summed E-state index contributed by atoms with van der Waals surface area (Å²) >= 11 is 5.06. The van der Waals surface area contributed by atoms with Crippen molar-refractivity contribution in [1.29, 1.82) is 0 Å². The van der Waals surface area contributed by atoms with E-state index in [1.54, 1.807) is 6.08 Å². The molecular weight excluding hydrogens is 126 g/mol. The van der Waals surface area contributed by atoms with Crippen molar-refractivity contribution in [3.8, 4) is 0 Å². The van der Waals surface area contributed by atoms with Crippen LogP contribution in [0.5, 0.6) is 0 Å². The minimum Gasteiger partial charge on any atom is -0.483 e. The molecular formula is C5H8ClNO. The van der Waals surface area contributed by atoms with E-state index < -0.39 is 0 Å². The Bertz CT molecular complexity index is 101. The highest BCUT2D eigenvalue weighted by Crippen LogP contribution is 1.90. The third-order valence-electron chi connectivity index (χ3n) is 0.649. The Morgan fingerprint density at radius 2 is 2.62 bits per heavy atom. The van der Waals surface area contributed by atoms with Crippen LogP contribution in [-0.4, -0.2) is 13.0 Å². The van der Waals surface area contributed by atoms with E-state index in [0.717, 1.165) is 0 Å². The molecule has 0 heterocycles. The van der Waals surface area contributed by atoms with E-state index in [1.807, 2.05) is 0 Å². The third-order valence-corrected chi connectivity index (χ3v) is 0.837. The van der Waals surface area contributed by atoms with Gasteiger partial charge in [-0.15, -0.1) is 11.1 Å². The average molecular weight is 134 g/mol. The molecule has 0 fully saturated rings. The predicted octanol–water partition coefficient (Wildman–Crippen LogP) is 1.76. The lowest BCUT2D eigenvalue weighted by molar-refractivity contribution is 0.396. The Hall–Kier alpha value is -0.500. The van der Waals surface area contributed by atoms with E-state index in [-0.39, 0.29) is 0 Å². The molecule has 0 N–H and O–H groups in total. The number of ether oxygens (including phenoxy) is 1. The highest BCUT2D eigenvalue weighted by atomic mass is 35.5. The summed E-state index contributed by atoms with van der Waals surface area (Å²) in [6.45, 7) is 3.48. The summed E-state index contributed by atoms with van der Waals surface area (Å²) in [5.41, 5.74) is 0. The van der Waals surface area contributed by atoms with Crippen molar-refractivity contribution in [2.75, 3.05) is 7.11 Å². The number of hydrogen-bond acceptors (Lipinski definition) is 2. The minimum atomic E-state index is 0.488. The number of hydrogen-bond donors (Lipinski definition) is 0. The summed E-state index contributed by atoms with van der Waals surface area (Å²) in [7, 11) is 1.52. The Morgan fingerprint density at radius 1 is 2.00 bits per heavy atom. The van der Waals surface area contributed by atoms with Crippen molar-refractivity contribution in [2.24, 2.45) is 4.51 Å². The molecule has 0 amide bonds. The molecule has 46 valence electrons. The zero-order valence-electron chi connectivity index (χ0n) is 4.72. The van der Waals surface area contributed by atoms with Gasteiger partial charge in [-0.2, -0.15) is 0 Å². The Kier molecular flexibility index (Phi) is 4.36. The Morgan fingerprint density at radius 3 is 2.75 bits per heavy atom. The smallest absolute Gasteiger partial charge is 0.204 e. The van der Waals surface area contributed by atoms with Gasteiger partial charge in [0.15, 0.2) is 0 Å². The average Bonchev–Trinajstić information content (AvgIpc) is 1.83. The maximum Gasteiger partial charge on any atom is 0.204 e. The molecule has 2 nitrogen and oxygen atoms in total. The van der Waals surface area contributed by atoms with E-state index in [1.165, 1.54) is 7.11 Å². The van der Waals surface area contributed by atoms with Crippen molar-refractivity contribution in [3.05, 3.63) is 12.7 Å². The van der Waals surface area contributed by atoms with Gasteiger partial charge in [0.2, 0.25) is 5.90 Å². The topological polar surface area (TPSA) is 21.6 Å². The largest absolute Gasteiger partial charge is 0.483 e. The van der Waals surface area contributed by atoms with E-state index in [0.29, 0.717) is 12.3 Å². The summed E-state index contributed by atoms with van der Waals surface area (Å²) in [5, 5.41) is 0. The molecule has 0 spiro atoms. The molecule has 0 rings (SSSR count). The first kappa shape index (κ1) is 7.50. The van der Waals surface area contributed by atoms with Crippen molar-refractivity contribution < 1.29 is 4.74 Å². The van der Waals surface area contributed by atoms with Crippen LogP contribution in [-0.2, 0) is 4.74 Å². The maximum atomic E-state index is 5.06. The number of halogens is 1. The first-order valence-electron chi connectivity index (χ1n) is 2.18. The fourth-order valence-electron chi connectivity index (χ4n) is 0.276. The van der Waals surface area contributed by atoms with Gasteiger partial charge >= 0.3 is 0 Å². The second kappa shape index (κ2) is 4.65. The van der Waals surface area contributed by atoms with Gasteiger partial charge in [-0.1, -0.05) is 6.08 Å². The third kappa shape index (κ3) is 2.64. The van der Waals surface area contributed by atoms with Crippen LogP contribution in [0.2, 0.25) is 0 Å². The maximum absolute atomic E-state index is 5.06. The molecule has 0 aliphatic rings. The Balaban J connectivity index is 3.53. The number of nitrogens with zero attached hydrogens (tertiary/aromatic N) is 1. The van der Waals surface area contributed by atoms with E-state index >= 15 is 0 Å². The lowest BCUT2D eigenvalue weighted by atomic mass is 10.4. The summed E-state index contributed by atoms with van der Waals surface area (Å²) in [4.78, 5) is 0. The van der Waals surface area contributed by atoms with Crippen LogP contribution in [0.25, 0.3) is 0 Å². The van der Waals surface area contributed by atoms with Gasteiger partial charge in [0.05, 0.1) is 7.11 Å². The summed E-state index contributed by atoms with van der Waals surface area (Å²) in [5.74, 6) is 0.488. The zero-order chi connectivity index (χ0) is 6.41. The van der Waals surface area contributed by atoms with E-state index in [4.69, 9.17) is 11.8 Å². The predicted molar refractivity (Wildman–Crippen MR) is 35.1 cm³/mol. The first-order valence-corrected chi connectivity index (χ1v) is 2.51. The quantitative estimate of drug-likeness (QED) is 0.320. The first-order chi connectivity index (χ1) is 3.85. The lowest BCUT2D eigenvalue weighted by Crippen LogP contribution is -1.96. The fraction of sp³-hybridized carbons (Fsp3) is 0.400. The van der Waals surface area contributed by atoms with Gasteiger partial charge < -0.3 is 4.74 Å². The van der Waals surface area contributed by atoms with Crippen molar-refractivity contribution in [1.82, 2.24) is 0 Å². The van der Waals surface area contributed by atoms with Crippen molar-refractivity contribution in [2.45, 2.75) is 6.42 Å². The molecule has 0 aliphatic heterocycles. The van der Waals surface area contributed by atoms with Crippen LogP contribution in [0.3, 0.4) is 0 Å². The van der Waals surface area contributed by atoms with E-state index in [9.17, 15) is 0 Å². The van der Waals surface area contributed by atoms with E-state index in [2.05, 4.69) is 15.8 Å². The molecule has 8 heavy (non-hydrogen) atoms. The van der Waals surface area contributed by atoms with Gasteiger partial charge in [-0.25, -0.2) is 0 Å². The van der Waals surface area contributed by atoms with Crippen molar-refractivity contribution in [3.63, 3.8) is 0 Å². The molecule has 0 aromatic rings. The number of rotatable bonds is 2. The van der Waals surface area contributed by atoms with Gasteiger partial charge in [0.1, 0.15) is 0 Å². The highest BCUT2D eigenvalue weighted by Gasteiger charge is 1.89. The second-order valence-electron chi connectivity index (χ2n) is 1.18. The van der Waals surface area contributed by atoms with Crippen LogP contribution in [0.15, 0.2) is 17.2 Å². The molecule has 0 bridgehead atoms. The molecule has 0 unspecified atom stereocenters. The van der Waals surface area contributed by atoms with Gasteiger partial charge in [-0.3, -0.25) is 0 Å². The highest BCUT2D eigenvalue weighted by molar-refractivity contribution is 6.19. The van der Waals surface area contributed by atoms with Gasteiger partial charge in [0, 0.05) is 18.2 Å². The summed E-state index contributed by atoms with van der Waals surface area (Å²) < 4.78 is 7.98. The molecule has 0 aliphatic carbocycles. The van der Waals surface area contributed by atoms with Crippen LogP contribution in [0.4, 0.5) is 0 Å². The molecule has 3 heteroatoms. The molecule has 0 atom stereocenters. The van der Waals surface area contributed by atoms with Gasteiger partial charge in [0.25, 0.3) is 0 Å². The normalized spacial score (nSPS) is 11.0. The lowest BCUT2D eigenvalue weighted by Gasteiger charge is -1.95. The van der Waals surface area contributed by atoms with Crippen LogP contribution in [0, 0.1) is 0 Å². The molecule has 0 saturated carbocycles. The Labute approximate surface area is 53.9 Å². The second-order valence-corrected chi connectivity index (χ2v) is 1.34. The van der Waals surface area contributed by atoms with Crippen LogP contribution in [0.1, 0.15) is 6.42 Å². The van der Waals surface area contributed by atoms with Crippen LogP contribution >= 0.6 is 11.8 Å². The monoisotopic (exact) mass is 133 g/mol. The summed E-state index contributed by atoms with van der Waals surface area (Å²) in [6.07, 6.45) is 2.25. The van der Waals surface area contributed by atoms with Crippen molar-refractivity contribution >= 4 is 17.7 Å². The molecule has 0 radical (unpaired) electrons. The summed E-state index contributed by atoms with van der Waals surface area (Å²) in [6, 6.07) is 0. The molecule has 0 aromatic carbocycles.